The molecular formula is C12H20N4O. The van der Waals surface area contributed by atoms with Crippen LogP contribution in [0.1, 0.15) is 25.7 Å². The standard InChI is InChI=1S/C12H20N4O/c1-16(10-4-2-3-5-10)7-6-13-11-8-12(17)15-9-14-11/h8-10H,2-7H2,1H3,(H2,13,14,15,17). The van der Waals surface area contributed by atoms with Crippen molar-refractivity contribution in [2.45, 2.75) is 31.7 Å². The minimum atomic E-state index is -0.119. The second-order valence-corrected chi connectivity index (χ2v) is 4.64. The molecule has 2 rings (SSSR count). The van der Waals surface area contributed by atoms with Gasteiger partial charge in [-0.1, -0.05) is 12.8 Å². The maximum Gasteiger partial charge on any atom is 0.252 e. The normalized spacial score (nSPS) is 16.6. The number of hydrogen-bond donors (Lipinski definition) is 2. The molecule has 0 atom stereocenters. The van der Waals surface area contributed by atoms with Gasteiger partial charge in [0.25, 0.3) is 5.56 Å². The summed E-state index contributed by atoms with van der Waals surface area (Å²) in [5.41, 5.74) is -0.119. The van der Waals surface area contributed by atoms with Crippen LogP contribution in [0.2, 0.25) is 0 Å². The van der Waals surface area contributed by atoms with Gasteiger partial charge in [0.15, 0.2) is 0 Å². The van der Waals surface area contributed by atoms with E-state index in [0.717, 1.165) is 19.1 Å². The number of aromatic amines is 1. The van der Waals surface area contributed by atoms with Crippen molar-refractivity contribution in [1.29, 1.82) is 0 Å². The van der Waals surface area contributed by atoms with E-state index in [0.29, 0.717) is 5.82 Å². The highest BCUT2D eigenvalue weighted by atomic mass is 16.1. The molecule has 0 unspecified atom stereocenters. The third-order valence-electron chi connectivity index (χ3n) is 3.40. The summed E-state index contributed by atoms with van der Waals surface area (Å²) in [6.45, 7) is 1.81. The third kappa shape index (κ3) is 3.56. The highest BCUT2D eigenvalue weighted by molar-refractivity contribution is 5.31. The lowest BCUT2D eigenvalue weighted by Crippen LogP contribution is -2.33. The zero-order valence-electron chi connectivity index (χ0n) is 10.3. The molecule has 1 saturated carbocycles. The van der Waals surface area contributed by atoms with Crippen molar-refractivity contribution >= 4 is 5.82 Å². The Bertz CT molecular complexity index is 397. The van der Waals surface area contributed by atoms with Crippen LogP contribution < -0.4 is 10.9 Å². The number of H-pyrrole nitrogens is 1. The molecule has 1 heterocycles. The lowest BCUT2D eigenvalue weighted by atomic mass is 10.2. The summed E-state index contributed by atoms with van der Waals surface area (Å²) in [5.74, 6) is 0.647. The Kier molecular flexibility index (Phi) is 4.14. The van der Waals surface area contributed by atoms with E-state index >= 15 is 0 Å². The lowest BCUT2D eigenvalue weighted by molar-refractivity contribution is 0.254. The smallest absolute Gasteiger partial charge is 0.252 e. The van der Waals surface area contributed by atoms with E-state index in [-0.39, 0.29) is 5.56 Å². The van der Waals surface area contributed by atoms with Gasteiger partial charge in [-0.2, -0.15) is 0 Å². The van der Waals surface area contributed by atoms with Crippen LogP contribution >= 0.6 is 0 Å². The number of aromatic nitrogens is 2. The third-order valence-corrected chi connectivity index (χ3v) is 3.40. The zero-order valence-corrected chi connectivity index (χ0v) is 10.3. The van der Waals surface area contributed by atoms with Gasteiger partial charge in [-0.15, -0.1) is 0 Å². The van der Waals surface area contributed by atoms with Gasteiger partial charge in [0.05, 0.1) is 6.33 Å². The summed E-state index contributed by atoms with van der Waals surface area (Å²) >= 11 is 0. The van der Waals surface area contributed by atoms with Crippen LogP contribution in [0, 0.1) is 0 Å². The number of anilines is 1. The number of rotatable bonds is 5. The average molecular weight is 236 g/mol. The Hall–Kier alpha value is -1.36. The Morgan fingerprint density at radius 3 is 3.00 bits per heavy atom. The van der Waals surface area contributed by atoms with Gasteiger partial charge in [0.2, 0.25) is 0 Å². The van der Waals surface area contributed by atoms with E-state index in [1.54, 1.807) is 0 Å². The van der Waals surface area contributed by atoms with Crippen LogP contribution in [0.5, 0.6) is 0 Å². The molecule has 1 aromatic heterocycles. The molecule has 1 fully saturated rings. The first-order valence-electron chi connectivity index (χ1n) is 6.24. The van der Waals surface area contributed by atoms with Crippen molar-refractivity contribution < 1.29 is 0 Å². The van der Waals surface area contributed by atoms with Gasteiger partial charge < -0.3 is 15.2 Å². The molecule has 1 aliphatic rings. The zero-order chi connectivity index (χ0) is 12.1. The SMILES string of the molecule is CN(CCNc1cc(=O)[nH]cn1)C1CCCC1. The molecule has 0 saturated heterocycles. The van der Waals surface area contributed by atoms with Crippen LogP contribution in [0.3, 0.4) is 0 Å². The minimum Gasteiger partial charge on any atom is -0.369 e. The van der Waals surface area contributed by atoms with Gasteiger partial charge in [-0.25, -0.2) is 4.98 Å². The van der Waals surface area contributed by atoms with Crippen molar-refractivity contribution in [3.05, 3.63) is 22.7 Å². The minimum absolute atomic E-state index is 0.119. The molecule has 0 radical (unpaired) electrons. The van der Waals surface area contributed by atoms with Crippen molar-refractivity contribution in [3.8, 4) is 0 Å². The first-order chi connectivity index (χ1) is 8.25. The van der Waals surface area contributed by atoms with Crippen LogP contribution in [0.4, 0.5) is 5.82 Å². The number of likely N-dealkylation sites (N-methyl/N-ethyl adjacent to an activating group) is 1. The molecule has 17 heavy (non-hydrogen) atoms. The maximum atomic E-state index is 11.1. The van der Waals surface area contributed by atoms with Gasteiger partial charge in [-0.05, 0) is 19.9 Å². The van der Waals surface area contributed by atoms with E-state index in [2.05, 4.69) is 27.2 Å². The molecule has 0 aromatic carbocycles. The highest BCUT2D eigenvalue weighted by Crippen LogP contribution is 2.21. The number of nitrogens with one attached hydrogen (secondary N) is 2. The summed E-state index contributed by atoms with van der Waals surface area (Å²) in [5, 5.41) is 3.17. The van der Waals surface area contributed by atoms with Crippen molar-refractivity contribution in [1.82, 2.24) is 14.9 Å². The van der Waals surface area contributed by atoms with Gasteiger partial charge in [0, 0.05) is 25.2 Å². The monoisotopic (exact) mass is 236 g/mol. The second-order valence-electron chi connectivity index (χ2n) is 4.64. The first-order valence-corrected chi connectivity index (χ1v) is 6.24. The van der Waals surface area contributed by atoms with E-state index in [1.807, 2.05) is 0 Å². The molecule has 0 bridgehead atoms. The predicted molar refractivity (Wildman–Crippen MR) is 68.2 cm³/mol. The van der Waals surface area contributed by atoms with Crippen LogP contribution in [-0.4, -0.2) is 41.0 Å². The first kappa shape index (κ1) is 12.1. The van der Waals surface area contributed by atoms with Gasteiger partial charge >= 0.3 is 0 Å². The summed E-state index contributed by atoms with van der Waals surface area (Å²) < 4.78 is 0. The maximum absolute atomic E-state index is 11.1. The number of hydrogen-bond acceptors (Lipinski definition) is 4. The highest BCUT2D eigenvalue weighted by Gasteiger charge is 2.18. The quantitative estimate of drug-likeness (QED) is 0.802. The number of nitrogens with zero attached hydrogens (tertiary/aromatic N) is 2. The Morgan fingerprint density at radius 1 is 1.53 bits per heavy atom. The van der Waals surface area contributed by atoms with E-state index in [9.17, 15) is 4.79 Å². The van der Waals surface area contributed by atoms with E-state index < -0.39 is 0 Å². The van der Waals surface area contributed by atoms with Crippen molar-refractivity contribution in [2.24, 2.45) is 0 Å². The molecule has 1 aliphatic carbocycles. The largest absolute Gasteiger partial charge is 0.369 e. The predicted octanol–water partition coefficient (Wildman–Crippen LogP) is 1.06. The summed E-state index contributed by atoms with van der Waals surface area (Å²) in [6.07, 6.45) is 6.78. The van der Waals surface area contributed by atoms with Crippen molar-refractivity contribution in [3.63, 3.8) is 0 Å². The summed E-state index contributed by atoms with van der Waals surface area (Å²) in [6, 6.07) is 2.22. The fourth-order valence-electron chi connectivity index (χ4n) is 2.35. The van der Waals surface area contributed by atoms with E-state index in [1.165, 1.54) is 38.1 Å². The Balaban J connectivity index is 1.73. The van der Waals surface area contributed by atoms with Crippen molar-refractivity contribution in [2.75, 3.05) is 25.5 Å². The molecule has 0 aliphatic heterocycles. The summed E-state index contributed by atoms with van der Waals surface area (Å²) in [4.78, 5) is 20.0. The lowest BCUT2D eigenvalue weighted by Gasteiger charge is -2.23. The topological polar surface area (TPSA) is 61.0 Å². The Morgan fingerprint density at radius 2 is 2.29 bits per heavy atom. The second kappa shape index (κ2) is 5.82. The van der Waals surface area contributed by atoms with Crippen LogP contribution in [-0.2, 0) is 0 Å². The fraction of sp³-hybridized carbons (Fsp3) is 0.667. The van der Waals surface area contributed by atoms with Crippen LogP contribution in [0.25, 0.3) is 0 Å². The average Bonchev–Trinajstić information content (AvgIpc) is 2.82. The Labute approximate surface area is 101 Å². The fourth-order valence-corrected chi connectivity index (χ4v) is 2.35. The molecule has 0 spiro atoms. The summed E-state index contributed by atoms with van der Waals surface area (Å²) in [7, 11) is 2.17. The van der Waals surface area contributed by atoms with Gasteiger partial charge in [-0.3, -0.25) is 4.79 Å². The van der Waals surface area contributed by atoms with Gasteiger partial charge in [0.1, 0.15) is 5.82 Å². The molecule has 0 amide bonds. The molecule has 2 N–H and O–H groups in total. The molecular weight excluding hydrogens is 216 g/mol. The molecule has 5 nitrogen and oxygen atoms in total. The van der Waals surface area contributed by atoms with Crippen LogP contribution in [0.15, 0.2) is 17.2 Å². The van der Waals surface area contributed by atoms with E-state index in [4.69, 9.17) is 0 Å². The molecule has 5 heteroatoms. The molecule has 94 valence electrons. The molecule has 1 aromatic rings.